The predicted molar refractivity (Wildman–Crippen MR) is 175 cm³/mol. The number of rotatable bonds is 10. The van der Waals surface area contributed by atoms with E-state index in [0.717, 1.165) is 11.3 Å². The number of benzene rings is 3. The van der Waals surface area contributed by atoms with Crippen molar-refractivity contribution in [3.8, 4) is 11.5 Å². The van der Waals surface area contributed by atoms with Gasteiger partial charge >= 0.3 is 7.82 Å². The highest BCUT2D eigenvalue weighted by Gasteiger charge is 2.37. The Hall–Kier alpha value is -3.04. The lowest BCUT2D eigenvalue weighted by atomic mass is 10.0. The molecule has 2 heterocycles. The van der Waals surface area contributed by atoms with Gasteiger partial charge in [-0.2, -0.15) is 0 Å². The van der Waals surface area contributed by atoms with Crippen LogP contribution in [0.1, 0.15) is 41.8 Å². The summed E-state index contributed by atoms with van der Waals surface area (Å²) < 4.78 is 35.7. The Morgan fingerprint density at radius 1 is 1.00 bits per heavy atom. The van der Waals surface area contributed by atoms with Gasteiger partial charge in [-0.25, -0.2) is 4.57 Å². The summed E-state index contributed by atoms with van der Waals surface area (Å²) >= 11 is 18.8. The Labute approximate surface area is 277 Å². The van der Waals surface area contributed by atoms with E-state index in [1.807, 2.05) is 31.2 Å². The Morgan fingerprint density at radius 2 is 1.73 bits per heavy atom. The lowest BCUT2D eigenvalue weighted by Gasteiger charge is -2.36. The van der Waals surface area contributed by atoms with Crippen molar-refractivity contribution in [3.63, 3.8) is 0 Å². The lowest BCUT2D eigenvalue weighted by molar-refractivity contribution is -0.133. The monoisotopic (exact) mass is 692 g/mol. The molecule has 3 aromatic carbocycles. The number of Topliss-reactive ketones (excluding diaryl/α,β-unsaturated/α-hetero) is 1. The molecule has 0 bridgehead atoms. The number of allylic oxidation sites excluding steroid dienone is 1. The van der Waals surface area contributed by atoms with Gasteiger partial charge in [-0.3, -0.25) is 18.6 Å². The van der Waals surface area contributed by atoms with Crippen LogP contribution in [-0.4, -0.2) is 56.0 Å². The molecule has 45 heavy (non-hydrogen) atoms. The molecule has 2 aliphatic heterocycles. The summed E-state index contributed by atoms with van der Waals surface area (Å²) in [5.41, 5.74) is 2.40. The van der Waals surface area contributed by atoms with Gasteiger partial charge in [-0.05, 0) is 66.1 Å². The Kier molecular flexibility index (Phi) is 10.8. The van der Waals surface area contributed by atoms with E-state index in [4.69, 9.17) is 53.1 Å². The number of ether oxygens (including phenoxy) is 1. The molecule has 2 fully saturated rings. The summed E-state index contributed by atoms with van der Waals surface area (Å²) in [5.74, 6) is 0.101. The number of nitrogens with zero attached hydrogens (tertiary/aromatic N) is 2. The maximum Gasteiger partial charge on any atom is 0.530 e. The van der Waals surface area contributed by atoms with Crippen LogP contribution in [0, 0.1) is 0 Å². The lowest BCUT2D eigenvalue weighted by Crippen LogP contribution is -2.50. The third kappa shape index (κ3) is 8.04. The van der Waals surface area contributed by atoms with Crippen LogP contribution in [0.3, 0.4) is 0 Å². The molecule has 2 atom stereocenters. The maximum absolute atomic E-state index is 13.2. The number of hydrogen-bond donors (Lipinski definition) is 0. The number of anilines is 1. The Morgan fingerprint density at radius 3 is 2.42 bits per heavy atom. The fourth-order valence-corrected chi connectivity index (χ4v) is 7.02. The summed E-state index contributed by atoms with van der Waals surface area (Å²) in [6.45, 7) is 7.77. The van der Waals surface area contributed by atoms with Gasteiger partial charge < -0.3 is 19.1 Å². The minimum absolute atomic E-state index is 0.0686. The fraction of sp³-hybridized carbons (Fsp3) is 0.312. The number of hydrogen-bond acceptors (Lipinski definition) is 8. The van der Waals surface area contributed by atoms with Gasteiger partial charge in [0.25, 0.3) is 5.91 Å². The number of piperazine rings is 1. The van der Waals surface area contributed by atoms with Crippen molar-refractivity contribution in [1.82, 2.24) is 4.90 Å². The normalized spacial score (nSPS) is 20.0. The third-order valence-electron chi connectivity index (χ3n) is 7.55. The summed E-state index contributed by atoms with van der Waals surface area (Å²) in [6.07, 6.45) is 0.567. The van der Waals surface area contributed by atoms with Gasteiger partial charge in [0.2, 0.25) is 0 Å². The average Bonchev–Trinajstić information content (AvgIpc) is 3.05. The third-order valence-corrected chi connectivity index (χ3v) is 10.1. The van der Waals surface area contributed by atoms with E-state index in [-0.39, 0.29) is 46.3 Å². The van der Waals surface area contributed by atoms with Crippen LogP contribution in [0.25, 0.3) is 0 Å². The van der Waals surface area contributed by atoms with E-state index in [1.165, 1.54) is 12.1 Å². The Bertz CT molecular complexity index is 1630. The van der Waals surface area contributed by atoms with E-state index in [9.17, 15) is 14.2 Å². The molecule has 0 aliphatic carbocycles. The molecule has 2 aliphatic rings. The van der Waals surface area contributed by atoms with E-state index >= 15 is 0 Å². The largest absolute Gasteiger partial charge is 0.530 e. The highest BCUT2D eigenvalue weighted by atomic mass is 35.5. The van der Waals surface area contributed by atoms with Gasteiger partial charge in [0.1, 0.15) is 16.5 Å². The van der Waals surface area contributed by atoms with Crippen LogP contribution in [0.5, 0.6) is 11.5 Å². The minimum atomic E-state index is -3.83. The van der Waals surface area contributed by atoms with Crippen molar-refractivity contribution in [3.05, 3.63) is 99.0 Å². The highest BCUT2D eigenvalue weighted by molar-refractivity contribution is 7.49. The van der Waals surface area contributed by atoms with Gasteiger partial charge in [0, 0.05) is 48.9 Å². The molecule has 0 spiro atoms. The van der Waals surface area contributed by atoms with Crippen molar-refractivity contribution >= 4 is 60.0 Å². The van der Waals surface area contributed by atoms with Crippen molar-refractivity contribution < 1.29 is 32.5 Å². The number of halogens is 3. The van der Waals surface area contributed by atoms with Crippen LogP contribution in [0.2, 0.25) is 15.1 Å². The molecule has 1 amide bonds. The van der Waals surface area contributed by atoms with E-state index in [0.29, 0.717) is 55.4 Å². The Balaban J connectivity index is 1.11. The standard InChI is InChI=1S/C32H32Cl3N2O7P/c1-3-21(2)32(39)26-11-12-28(31(35)30(26)34)41-20-29(38)37-16-14-36(15-17-37)24-7-9-25(10-8-24)43-45(40)42-18-13-27(44-45)22-5-4-6-23(33)19-22/h4-12,19,27H,2-3,13-18,20H2,1H3. The number of phosphoric acid groups is 1. The zero-order valence-electron chi connectivity index (χ0n) is 24.5. The van der Waals surface area contributed by atoms with Gasteiger partial charge in [-0.1, -0.05) is 60.4 Å². The second kappa shape index (κ2) is 14.6. The van der Waals surface area contributed by atoms with Crippen LogP contribution in [0.15, 0.2) is 72.8 Å². The zero-order chi connectivity index (χ0) is 32.1. The minimum Gasteiger partial charge on any atom is -0.482 e. The number of ketones is 1. The van der Waals surface area contributed by atoms with Crippen LogP contribution in [-0.2, 0) is 18.4 Å². The number of carbonyl (C=O) groups is 2. The maximum atomic E-state index is 13.2. The molecular formula is C32H32Cl3N2O7P. The molecule has 0 saturated carbocycles. The topological polar surface area (TPSA) is 94.6 Å². The van der Waals surface area contributed by atoms with Crippen molar-refractivity contribution in [2.24, 2.45) is 0 Å². The molecule has 9 nitrogen and oxygen atoms in total. The van der Waals surface area contributed by atoms with E-state index in [2.05, 4.69) is 11.5 Å². The second-order valence-corrected chi connectivity index (χ2v) is 13.2. The number of carbonyl (C=O) groups excluding carboxylic acids is 2. The molecule has 0 N–H and O–H groups in total. The average molecular weight is 694 g/mol. The summed E-state index contributed by atoms with van der Waals surface area (Å²) in [6, 6.07) is 17.4. The molecule has 5 rings (SSSR count). The summed E-state index contributed by atoms with van der Waals surface area (Å²) in [4.78, 5) is 29.2. The summed E-state index contributed by atoms with van der Waals surface area (Å²) in [5, 5.41) is 0.709. The number of amides is 1. The zero-order valence-corrected chi connectivity index (χ0v) is 27.7. The van der Waals surface area contributed by atoms with Crippen molar-refractivity contribution in [1.29, 1.82) is 0 Å². The van der Waals surface area contributed by atoms with E-state index in [1.54, 1.807) is 29.2 Å². The van der Waals surface area contributed by atoms with Crippen LogP contribution < -0.4 is 14.2 Å². The first-order valence-corrected chi connectivity index (χ1v) is 17.0. The SMILES string of the molecule is C=C(CC)C(=O)c1ccc(OCC(=O)N2CCN(c3ccc(OP4(=O)OCCC(c5cccc(Cl)c5)O4)cc3)CC2)c(Cl)c1Cl. The fourth-order valence-electron chi connectivity index (χ4n) is 4.95. The van der Waals surface area contributed by atoms with Gasteiger partial charge in [0.05, 0.1) is 17.7 Å². The molecule has 13 heteroatoms. The van der Waals surface area contributed by atoms with Crippen LogP contribution >= 0.6 is 42.6 Å². The molecule has 3 aromatic rings. The highest BCUT2D eigenvalue weighted by Crippen LogP contribution is 2.56. The molecule has 238 valence electrons. The van der Waals surface area contributed by atoms with E-state index < -0.39 is 13.9 Å². The quantitative estimate of drug-likeness (QED) is 0.119. The molecule has 2 saturated heterocycles. The summed E-state index contributed by atoms with van der Waals surface area (Å²) in [7, 11) is -3.83. The predicted octanol–water partition coefficient (Wildman–Crippen LogP) is 8.19. The number of phosphoric ester groups is 1. The van der Waals surface area contributed by atoms with Gasteiger partial charge in [-0.15, -0.1) is 0 Å². The second-order valence-electron chi connectivity index (χ2n) is 10.5. The first-order valence-electron chi connectivity index (χ1n) is 14.4. The molecular weight excluding hydrogens is 662 g/mol. The first-order chi connectivity index (χ1) is 21.6. The molecule has 2 unspecified atom stereocenters. The van der Waals surface area contributed by atoms with Crippen LogP contribution in [0.4, 0.5) is 5.69 Å². The first kappa shape index (κ1) is 33.3. The van der Waals surface area contributed by atoms with Crippen molar-refractivity contribution in [2.45, 2.75) is 25.9 Å². The smallest absolute Gasteiger partial charge is 0.482 e. The molecule has 0 radical (unpaired) electrons. The van der Waals surface area contributed by atoms with Crippen molar-refractivity contribution in [2.75, 3.05) is 44.3 Å². The molecule has 0 aromatic heterocycles. The van der Waals surface area contributed by atoms with Gasteiger partial charge in [0.15, 0.2) is 12.4 Å².